The van der Waals surface area contributed by atoms with Gasteiger partial charge in [-0.1, -0.05) is 36.3 Å². The van der Waals surface area contributed by atoms with Crippen LogP contribution in [0, 0.1) is 18.2 Å². The number of carbonyl (C=O) groups is 3. The zero-order chi connectivity index (χ0) is 32.3. The topological polar surface area (TPSA) is 193 Å². The van der Waals surface area contributed by atoms with Gasteiger partial charge in [-0.05, 0) is 29.3 Å². The highest BCUT2D eigenvalue weighted by molar-refractivity contribution is 5.79. The fourth-order valence-corrected chi connectivity index (χ4v) is 4.54. The molecule has 2 aromatic rings. The molecule has 0 aliphatic carbocycles. The van der Waals surface area contributed by atoms with Gasteiger partial charge < -0.3 is 50.0 Å². The van der Waals surface area contributed by atoms with Crippen LogP contribution in [-0.2, 0) is 41.6 Å². The lowest BCUT2D eigenvalue weighted by Crippen LogP contribution is -2.68. The number of hydrogen-bond donors (Lipinski definition) is 6. The molecule has 14 heteroatoms. The quantitative estimate of drug-likeness (QED) is 0.112. The van der Waals surface area contributed by atoms with Crippen LogP contribution in [-0.4, -0.2) is 101 Å². The zero-order valence-corrected chi connectivity index (χ0v) is 23.9. The maximum atomic E-state index is 13.9. The van der Waals surface area contributed by atoms with Crippen molar-refractivity contribution in [2.24, 2.45) is 0 Å². The van der Waals surface area contributed by atoms with E-state index in [2.05, 4.69) is 16.6 Å². The van der Waals surface area contributed by atoms with Crippen LogP contribution in [0.4, 0.5) is 4.39 Å². The van der Waals surface area contributed by atoms with Gasteiger partial charge in [-0.15, -0.1) is 6.42 Å². The Morgan fingerprint density at radius 2 is 1.86 bits per heavy atom. The second-order valence-corrected chi connectivity index (χ2v) is 9.91. The molecule has 1 saturated heterocycles. The number of terminal acetylenes is 1. The van der Waals surface area contributed by atoms with E-state index in [0.29, 0.717) is 11.3 Å². The summed E-state index contributed by atoms with van der Waals surface area (Å²) in [6.45, 7) is -1.71. The largest absolute Gasteiger partial charge is 0.481 e. The molecule has 3 rings (SSSR count). The third kappa shape index (κ3) is 8.96. The number of rotatable bonds is 14. The monoisotopic (exact) mass is 618 g/mol. The van der Waals surface area contributed by atoms with Crippen molar-refractivity contribution in [1.82, 2.24) is 10.6 Å². The first kappa shape index (κ1) is 34.4. The minimum atomic E-state index is -2.31. The molecule has 2 amide bonds. The molecular weight excluding hydrogens is 583 g/mol. The van der Waals surface area contributed by atoms with Crippen molar-refractivity contribution >= 4 is 17.8 Å². The van der Waals surface area contributed by atoms with Crippen molar-refractivity contribution in [2.45, 2.75) is 55.7 Å². The van der Waals surface area contributed by atoms with Crippen molar-refractivity contribution in [3.63, 3.8) is 0 Å². The van der Waals surface area contributed by atoms with E-state index in [1.807, 2.05) is 0 Å². The SMILES string of the molecule is C#CCOc1ccc(CO[C@]2(C(=O)OC)C[C@H](O)[C@@H](NC(=O)CO)[C@H]([C@H](O)[C@H](O)CNC(=O)Cc3ccccc3F)O2)cc1. The predicted octanol–water partition coefficient (Wildman–Crippen LogP) is -1.07. The number of esters is 1. The molecule has 0 unspecified atom stereocenters. The Morgan fingerprint density at radius 3 is 2.50 bits per heavy atom. The fraction of sp³-hybridized carbons (Fsp3) is 0.433. The van der Waals surface area contributed by atoms with E-state index in [0.717, 1.165) is 7.11 Å². The standard InChI is InChI=1S/C30H35FN2O11/c1-3-12-42-20-10-8-18(9-11-20)17-43-30(29(40)41-2)14-22(35)26(33-25(38)16-34)28(44-30)27(39)23(36)15-32-24(37)13-19-6-4-5-7-21(19)31/h1,4-11,22-23,26-28,34-36,39H,12-17H2,2H3,(H,32,37)(H,33,38)/t22-,23+,26+,27+,28+,30+/m0/s1. The summed E-state index contributed by atoms with van der Waals surface area (Å²) in [4.78, 5) is 37.4. The van der Waals surface area contributed by atoms with Crippen molar-refractivity contribution in [3.05, 3.63) is 65.5 Å². The number of halogens is 1. The van der Waals surface area contributed by atoms with Gasteiger partial charge in [0, 0.05) is 13.0 Å². The van der Waals surface area contributed by atoms with E-state index < -0.39 is 79.4 Å². The van der Waals surface area contributed by atoms with Gasteiger partial charge in [0.15, 0.2) is 0 Å². The van der Waals surface area contributed by atoms with E-state index in [1.54, 1.807) is 30.3 Å². The third-order valence-corrected chi connectivity index (χ3v) is 6.81. The molecule has 0 radical (unpaired) electrons. The number of hydrogen-bond acceptors (Lipinski definition) is 11. The molecule has 2 aromatic carbocycles. The van der Waals surface area contributed by atoms with Crippen molar-refractivity contribution < 1.29 is 58.1 Å². The molecule has 1 heterocycles. The van der Waals surface area contributed by atoms with E-state index in [4.69, 9.17) is 25.4 Å². The summed E-state index contributed by atoms with van der Waals surface area (Å²) in [6.07, 6.45) is -2.77. The first-order valence-corrected chi connectivity index (χ1v) is 13.5. The predicted molar refractivity (Wildman–Crippen MR) is 150 cm³/mol. The summed E-state index contributed by atoms with van der Waals surface area (Å²) in [5, 5.41) is 46.8. The van der Waals surface area contributed by atoms with Crippen LogP contribution in [0.15, 0.2) is 48.5 Å². The Kier molecular flexibility index (Phi) is 12.6. The zero-order valence-electron chi connectivity index (χ0n) is 23.9. The maximum Gasteiger partial charge on any atom is 0.366 e. The van der Waals surface area contributed by atoms with Crippen molar-refractivity contribution in [2.75, 3.05) is 26.9 Å². The third-order valence-electron chi connectivity index (χ3n) is 6.81. The van der Waals surface area contributed by atoms with Crippen LogP contribution in [0.3, 0.4) is 0 Å². The average molecular weight is 619 g/mol. The number of aliphatic hydroxyl groups is 4. The smallest absolute Gasteiger partial charge is 0.366 e. The number of amides is 2. The Bertz CT molecular complexity index is 1320. The summed E-state index contributed by atoms with van der Waals surface area (Å²) in [6, 6.07) is 10.7. The second kappa shape index (κ2) is 16.1. The normalized spacial score (nSPS) is 22.6. The Balaban J connectivity index is 1.78. The van der Waals surface area contributed by atoms with Crippen molar-refractivity contribution in [1.29, 1.82) is 0 Å². The lowest BCUT2D eigenvalue weighted by molar-refractivity contribution is -0.315. The minimum Gasteiger partial charge on any atom is -0.481 e. The molecule has 1 aliphatic rings. The summed E-state index contributed by atoms with van der Waals surface area (Å²) >= 11 is 0. The first-order chi connectivity index (χ1) is 21.0. The molecule has 6 atom stereocenters. The van der Waals surface area contributed by atoms with Gasteiger partial charge in [0.25, 0.3) is 5.79 Å². The van der Waals surface area contributed by atoms with Gasteiger partial charge >= 0.3 is 5.97 Å². The fourth-order valence-electron chi connectivity index (χ4n) is 4.54. The van der Waals surface area contributed by atoms with Crippen LogP contribution >= 0.6 is 0 Å². The number of methoxy groups -OCH3 is 1. The van der Waals surface area contributed by atoms with Gasteiger partial charge in [0.1, 0.15) is 37.0 Å². The highest BCUT2D eigenvalue weighted by Gasteiger charge is 2.56. The van der Waals surface area contributed by atoms with E-state index in [9.17, 15) is 39.2 Å². The Hall–Kier alpha value is -4.10. The van der Waals surface area contributed by atoms with Crippen LogP contribution < -0.4 is 15.4 Å². The summed E-state index contributed by atoms with van der Waals surface area (Å²) in [5.41, 5.74) is 0.658. The molecule has 0 saturated carbocycles. The molecule has 44 heavy (non-hydrogen) atoms. The molecule has 0 spiro atoms. The number of nitrogens with one attached hydrogen (secondary N) is 2. The van der Waals surface area contributed by atoms with E-state index in [-0.39, 0.29) is 25.2 Å². The summed E-state index contributed by atoms with van der Waals surface area (Å²) in [7, 11) is 1.05. The molecular formula is C30H35FN2O11. The Morgan fingerprint density at radius 1 is 1.16 bits per heavy atom. The lowest BCUT2D eigenvalue weighted by Gasteiger charge is -2.47. The molecule has 0 aromatic heterocycles. The molecule has 238 valence electrons. The van der Waals surface area contributed by atoms with Gasteiger partial charge in [-0.2, -0.15) is 0 Å². The second-order valence-electron chi connectivity index (χ2n) is 9.91. The van der Waals surface area contributed by atoms with Crippen LogP contribution in [0.5, 0.6) is 5.75 Å². The lowest BCUT2D eigenvalue weighted by atomic mass is 9.88. The molecule has 0 bridgehead atoms. The first-order valence-electron chi connectivity index (χ1n) is 13.5. The minimum absolute atomic E-state index is 0.0613. The van der Waals surface area contributed by atoms with E-state index >= 15 is 0 Å². The molecule has 6 N–H and O–H groups in total. The van der Waals surface area contributed by atoms with Crippen LogP contribution in [0.25, 0.3) is 0 Å². The number of carbonyl (C=O) groups excluding carboxylic acids is 3. The van der Waals surface area contributed by atoms with Gasteiger partial charge in [0.2, 0.25) is 11.8 Å². The highest BCUT2D eigenvalue weighted by Crippen LogP contribution is 2.35. The van der Waals surface area contributed by atoms with Gasteiger partial charge in [0.05, 0.1) is 38.4 Å². The van der Waals surface area contributed by atoms with Gasteiger partial charge in [-0.25, -0.2) is 9.18 Å². The van der Waals surface area contributed by atoms with Crippen molar-refractivity contribution in [3.8, 4) is 18.1 Å². The molecule has 1 fully saturated rings. The average Bonchev–Trinajstić information content (AvgIpc) is 3.03. The summed E-state index contributed by atoms with van der Waals surface area (Å²) in [5.74, 6) is -2.77. The van der Waals surface area contributed by atoms with Crippen LogP contribution in [0.1, 0.15) is 17.5 Å². The van der Waals surface area contributed by atoms with Crippen LogP contribution in [0.2, 0.25) is 0 Å². The maximum absolute atomic E-state index is 13.9. The molecule has 1 aliphatic heterocycles. The number of ether oxygens (including phenoxy) is 4. The highest BCUT2D eigenvalue weighted by atomic mass is 19.1. The Labute approximate surface area is 252 Å². The molecule has 13 nitrogen and oxygen atoms in total. The van der Waals surface area contributed by atoms with E-state index in [1.165, 1.54) is 18.2 Å². The number of benzene rings is 2. The van der Waals surface area contributed by atoms with Gasteiger partial charge in [-0.3, -0.25) is 9.59 Å². The number of aliphatic hydroxyl groups excluding tert-OH is 4. The summed E-state index contributed by atoms with van der Waals surface area (Å²) < 4.78 is 35.8.